The highest BCUT2D eigenvalue weighted by Crippen LogP contribution is 2.23. The minimum atomic E-state index is -0.571. The molecular formula is C18H24Cl2N2O5. The van der Waals surface area contributed by atoms with Crippen LogP contribution in [0, 0.1) is 0 Å². The molecule has 150 valence electrons. The van der Waals surface area contributed by atoms with Crippen LogP contribution in [0.1, 0.15) is 39.2 Å². The van der Waals surface area contributed by atoms with Crippen LogP contribution in [0.3, 0.4) is 0 Å². The van der Waals surface area contributed by atoms with Gasteiger partial charge in [-0.1, -0.05) is 34.4 Å². The smallest absolute Gasteiger partial charge is 0.407 e. The molecule has 0 fully saturated rings. The lowest BCUT2D eigenvalue weighted by atomic mass is 10.1. The fraction of sp³-hybridized carbons (Fsp3) is 0.500. The summed E-state index contributed by atoms with van der Waals surface area (Å²) >= 11 is 12.0. The summed E-state index contributed by atoms with van der Waals surface area (Å²) in [5, 5.41) is 7.40. The summed E-state index contributed by atoms with van der Waals surface area (Å²) in [6, 6.07) is 5.01. The van der Waals surface area contributed by atoms with Crippen molar-refractivity contribution in [3.8, 4) is 0 Å². The first-order chi connectivity index (χ1) is 12.6. The number of amides is 1. The van der Waals surface area contributed by atoms with E-state index < -0.39 is 11.7 Å². The van der Waals surface area contributed by atoms with Gasteiger partial charge in [-0.3, -0.25) is 4.79 Å². The predicted octanol–water partition coefficient (Wildman–Crippen LogP) is 4.19. The zero-order chi connectivity index (χ0) is 20.4. The topological polar surface area (TPSA) is 86.2 Å². The van der Waals surface area contributed by atoms with E-state index in [0.29, 0.717) is 27.7 Å². The zero-order valence-corrected chi connectivity index (χ0v) is 17.3. The molecule has 1 aromatic rings. The van der Waals surface area contributed by atoms with Crippen molar-refractivity contribution in [1.29, 1.82) is 0 Å². The summed E-state index contributed by atoms with van der Waals surface area (Å²) in [5.41, 5.74) is 0.613. The first-order valence-corrected chi connectivity index (χ1v) is 9.06. The van der Waals surface area contributed by atoms with E-state index in [1.165, 1.54) is 7.11 Å². The number of nitrogens with one attached hydrogen (secondary N) is 1. The average molecular weight is 419 g/mol. The van der Waals surface area contributed by atoms with Crippen LogP contribution >= 0.6 is 23.2 Å². The molecule has 0 aliphatic carbocycles. The van der Waals surface area contributed by atoms with Crippen LogP contribution in [0.25, 0.3) is 0 Å². The highest BCUT2D eigenvalue weighted by Gasteiger charge is 2.15. The molecule has 0 saturated carbocycles. The van der Waals surface area contributed by atoms with Gasteiger partial charge in [0.1, 0.15) is 12.2 Å². The Kier molecular flexibility index (Phi) is 9.38. The van der Waals surface area contributed by atoms with Gasteiger partial charge < -0.3 is 19.6 Å². The number of hydrogen-bond donors (Lipinski definition) is 1. The van der Waals surface area contributed by atoms with Gasteiger partial charge in [-0.25, -0.2) is 4.79 Å². The number of nitrogens with zero attached hydrogens (tertiary/aromatic N) is 1. The fourth-order valence-corrected chi connectivity index (χ4v) is 2.18. The maximum absolute atomic E-state index is 11.6. The van der Waals surface area contributed by atoms with Gasteiger partial charge in [-0.05, 0) is 32.9 Å². The lowest BCUT2D eigenvalue weighted by Crippen LogP contribution is -2.34. The van der Waals surface area contributed by atoms with E-state index in [1.54, 1.807) is 39.0 Å². The van der Waals surface area contributed by atoms with Gasteiger partial charge >= 0.3 is 12.1 Å². The van der Waals surface area contributed by atoms with E-state index in [-0.39, 0.29) is 25.5 Å². The van der Waals surface area contributed by atoms with E-state index in [0.717, 1.165) is 0 Å². The quantitative estimate of drug-likeness (QED) is 0.296. The van der Waals surface area contributed by atoms with Gasteiger partial charge in [-0.2, -0.15) is 0 Å². The molecule has 1 rings (SSSR count). The van der Waals surface area contributed by atoms with Crippen LogP contribution in [0.2, 0.25) is 10.0 Å². The SMILES string of the molecule is COC(=O)CCC(=NOCCNC(=O)OC(C)(C)C)c1ccc(Cl)c(Cl)c1. The number of carbonyl (C=O) groups is 2. The average Bonchev–Trinajstić information content (AvgIpc) is 2.57. The molecule has 1 aromatic carbocycles. The van der Waals surface area contributed by atoms with Crippen molar-refractivity contribution in [1.82, 2.24) is 5.32 Å². The predicted molar refractivity (Wildman–Crippen MR) is 104 cm³/mol. The third kappa shape index (κ3) is 9.49. The van der Waals surface area contributed by atoms with Crippen molar-refractivity contribution in [3.63, 3.8) is 0 Å². The number of methoxy groups -OCH3 is 1. The maximum Gasteiger partial charge on any atom is 0.407 e. The second-order valence-corrected chi connectivity index (χ2v) is 7.32. The number of oxime groups is 1. The Balaban J connectivity index is 2.65. The monoisotopic (exact) mass is 418 g/mol. The van der Waals surface area contributed by atoms with E-state index in [9.17, 15) is 9.59 Å². The van der Waals surface area contributed by atoms with Gasteiger partial charge in [0.05, 0.1) is 35.8 Å². The number of benzene rings is 1. The Morgan fingerprint density at radius 3 is 2.44 bits per heavy atom. The van der Waals surface area contributed by atoms with E-state index in [1.807, 2.05) is 0 Å². The molecule has 1 N–H and O–H groups in total. The second-order valence-electron chi connectivity index (χ2n) is 6.50. The Morgan fingerprint density at radius 2 is 1.85 bits per heavy atom. The number of hydrogen-bond acceptors (Lipinski definition) is 6. The van der Waals surface area contributed by atoms with Crippen LogP contribution < -0.4 is 5.32 Å². The summed E-state index contributed by atoms with van der Waals surface area (Å²) in [4.78, 5) is 28.2. The van der Waals surface area contributed by atoms with Crippen LogP contribution in [-0.4, -0.2) is 43.6 Å². The van der Waals surface area contributed by atoms with Gasteiger partial charge in [0.2, 0.25) is 0 Å². The summed E-state index contributed by atoms with van der Waals surface area (Å²) in [5.74, 6) is -0.366. The van der Waals surface area contributed by atoms with Crippen LogP contribution in [-0.2, 0) is 19.1 Å². The van der Waals surface area contributed by atoms with Gasteiger partial charge in [0.15, 0.2) is 0 Å². The van der Waals surface area contributed by atoms with Crippen LogP contribution in [0.4, 0.5) is 4.79 Å². The molecule has 0 radical (unpaired) electrons. The van der Waals surface area contributed by atoms with Crippen LogP contribution in [0.5, 0.6) is 0 Å². The minimum Gasteiger partial charge on any atom is -0.469 e. The van der Waals surface area contributed by atoms with Gasteiger partial charge in [0.25, 0.3) is 0 Å². The van der Waals surface area contributed by atoms with Crippen molar-refractivity contribution in [3.05, 3.63) is 33.8 Å². The molecule has 0 spiro atoms. The molecule has 0 unspecified atom stereocenters. The van der Waals surface area contributed by atoms with E-state index >= 15 is 0 Å². The molecule has 7 nitrogen and oxygen atoms in total. The molecule has 0 aliphatic rings. The normalized spacial score (nSPS) is 11.7. The molecule has 0 aliphatic heterocycles. The number of esters is 1. The molecule has 0 atom stereocenters. The van der Waals surface area contributed by atoms with Crippen molar-refractivity contribution in [2.75, 3.05) is 20.3 Å². The Morgan fingerprint density at radius 1 is 1.15 bits per heavy atom. The maximum atomic E-state index is 11.6. The molecule has 9 heteroatoms. The summed E-state index contributed by atoms with van der Waals surface area (Å²) in [6.07, 6.45) is -0.107. The van der Waals surface area contributed by atoms with E-state index in [2.05, 4.69) is 15.2 Å². The lowest BCUT2D eigenvalue weighted by Gasteiger charge is -2.19. The standard InChI is InChI=1S/C18H24Cl2N2O5/c1-18(2,3)27-17(24)21-9-10-26-22-15(7-8-16(23)25-4)12-5-6-13(19)14(20)11-12/h5-6,11H,7-10H2,1-4H3,(H,21,24). The first kappa shape index (κ1) is 23.0. The lowest BCUT2D eigenvalue weighted by molar-refractivity contribution is -0.140. The van der Waals surface area contributed by atoms with E-state index in [4.69, 9.17) is 32.8 Å². The van der Waals surface area contributed by atoms with Crippen molar-refractivity contribution in [2.24, 2.45) is 5.16 Å². The third-order valence-corrected chi connectivity index (χ3v) is 3.82. The molecule has 27 heavy (non-hydrogen) atoms. The van der Waals surface area contributed by atoms with Crippen molar-refractivity contribution < 1.29 is 23.9 Å². The van der Waals surface area contributed by atoms with Crippen molar-refractivity contribution >= 4 is 41.0 Å². The Bertz CT molecular complexity index is 687. The number of halogens is 2. The third-order valence-electron chi connectivity index (χ3n) is 3.08. The van der Waals surface area contributed by atoms with Crippen molar-refractivity contribution in [2.45, 2.75) is 39.2 Å². The summed E-state index contributed by atoms with van der Waals surface area (Å²) < 4.78 is 9.76. The number of rotatable bonds is 8. The summed E-state index contributed by atoms with van der Waals surface area (Å²) in [6.45, 7) is 5.67. The molecule has 0 heterocycles. The zero-order valence-electron chi connectivity index (χ0n) is 15.8. The molecule has 0 aromatic heterocycles. The Labute approximate surface area is 168 Å². The highest BCUT2D eigenvalue weighted by atomic mass is 35.5. The highest BCUT2D eigenvalue weighted by molar-refractivity contribution is 6.42. The Hall–Kier alpha value is -1.99. The largest absolute Gasteiger partial charge is 0.469 e. The first-order valence-electron chi connectivity index (χ1n) is 8.30. The number of alkyl carbamates (subject to hydrolysis) is 1. The summed E-state index contributed by atoms with van der Waals surface area (Å²) in [7, 11) is 1.32. The van der Waals surface area contributed by atoms with Gasteiger partial charge in [-0.15, -0.1) is 0 Å². The molecule has 0 bridgehead atoms. The molecular weight excluding hydrogens is 395 g/mol. The second kappa shape index (κ2) is 11.0. The minimum absolute atomic E-state index is 0.127. The van der Waals surface area contributed by atoms with Gasteiger partial charge in [0, 0.05) is 12.0 Å². The molecule has 1 amide bonds. The fourth-order valence-electron chi connectivity index (χ4n) is 1.88. The number of carbonyl (C=O) groups excluding carboxylic acids is 2. The van der Waals surface area contributed by atoms with Crippen LogP contribution in [0.15, 0.2) is 23.4 Å². The number of ether oxygens (including phenoxy) is 2. The molecule has 0 saturated heterocycles.